The Labute approximate surface area is 126 Å². The Morgan fingerprint density at radius 2 is 2.10 bits per heavy atom. The molecule has 1 atom stereocenters. The van der Waals surface area contributed by atoms with Crippen molar-refractivity contribution in [2.24, 2.45) is 0 Å². The van der Waals surface area contributed by atoms with E-state index < -0.39 is 0 Å². The van der Waals surface area contributed by atoms with Crippen LogP contribution in [0.4, 0.5) is 10.3 Å². The van der Waals surface area contributed by atoms with Crippen molar-refractivity contribution >= 4 is 23.2 Å². The number of aryl methyl sites for hydroxylation is 1. The average molecular weight is 305 g/mol. The van der Waals surface area contributed by atoms with E-state index in [1.54, 1.807) is 35.8 Å². The SMILES string of the molecule is Cc1ccc(C(C)Nc2nc3ccc(Cl)cn3n2)cc1F. The summed E-state index contributed by atoms with van der Waals surface area (Å²) < 4.78 is 15.2. The highest BCUT2D eigenvalue weighted by Gasteiger charge is 2.11. The number of aromatic nitrogens is 3. The molecule has 0 saturated heterocycles. The number of hydrogen-bond donors (Lipinski definition) is 1. The molecule has 6 heteroatoms. The van der Waals surface area contributed by atoms with Gasteiger partial charge in [0.1, 0.15) is 5.82 Å². The van der Waals surface area contributed by atoms with E-state index in [-0.39, 0.29) is 11.9 Å². The number of rotatable bonds is 3. The number of benzene rings is 1. The van der Waals surface area contributed by atoms with Gasteiger partial charge >= 0.3 is 0 Å². The number of fused-ring (bicyclic) bond motifs is 1. The van der Waals surface area contributed by atoms with Gasteiger partial charge in [0.25, 0.3) is 0 Å². The maximum Gasteiger partial charge on any atom is 0.243 e. The highest BCUT2D eigenvalue weighted by atomic mass is 35.5. The first-order chi connectivity index (χ1) is 10.0. The molecule has 0 fully saturated rings. The van der Waals surface area contributed by atoms with E-state index in [9.17, 15) is 4.39 Å². The second-order valence-electron chi connectivity index (χ2n) is 4.96. The van der Waals surface area contributed by atoms with Crippen LogP contribution in [0, 0.1) is 12.7 Å². The lowest BCUT2D eigenvalue weighted by atomic mass is 10.1. The normalized spacial score (nSPS) is 12.6. The van der Waals surface area contributed by atoms with E-state index >= 15 is 0 Å². The summed E-state index contributed by atoms with van der Waals surface area (Å²) in [4.78, 5) is 4.35. The molecule has 2 heterocycles. The molecule has 0 radical (unpaired) electrons. The van der Waals surface area contributed by atoms with Gasteiger partial charge in [0.05, 0.1) is 11.1 Å². The fraction of sp³-hybridized carbons (Fsp3) is 0.200. The van der Waals surface area contributed by atoms with Gasteiger partial charge in [-0.15, -0.1) is 5.10 Å². The summed E-state index contributed by atoms with van der Waals surface area (Å²) in [5, 5.41) is 8.05. The van der Waals surface area contributed by atoms with Gasteiger partial charge in [-0.3, -0.25) is 0 Å². The molecule has 1 aromatic carbocycles. The zero-order valence-electron chi connectivity index (χ0n) is 11.6. The summed E-state index contributed by atoms with van der Waals surface area (Å²) in [6, 6.07) is 8.63. The van der Waals surface area contributed by atoms with Gasteiger partial charge in [0.15, 0.2) is 5.65 Å². The monoisotopic (exact) mass is 304 g/mol. The van der Waals surface area contributed by atoms with Gasteiger partial charge in [-0.05, 0) is 43.2 Å². The fourth-order valence-electron chi connectivity index (χ4n) is 2.07. The molecule has 0 aliphatic rings. The van der Waals surface area contributed by atoms with E-state index in [0.29, 0.717) is 22.2 Å². The topological polar surface area (TPSA) is 42.2 Å². The van der Waals surface area contributed by atoms with Crippen molar-refractivity contribution < 1.29 is 4.39 Å². The van der Waals surface area contributed by atoms with Crippen molar-refractivity contribution in [1.82, 2.24) is 14.6 Å². The molecule has 21 heavy (non-hydrogen) atoms. The van der Waals surface area contributed by atoms with Crippen LogP contribution in [0.2, 0.25) is 5.02 Å². The standard InChI is InChI=1S/C15H14ClFN4/c1-9-3-4-11(7-13(9)17)10(2)18-15-19-14-6-5-12(16)8-21(14)20-15/h3-8,10H,1-2H3,(H,18,20). The molecule has 0 aliphatic heterocycles. The molecule has 3 rings (SSSR count). The predicted octanol–water partition coefficient (Wildman–Crippen LogP) is 4.00. The number of anilines is 1. The lowest BCUT2D eigenvalue weighted by molar-refractivity contribution is 0.614. The quantitative estimate of drug-likeness (QED) is 0.795. The van der Waals surface area contributed by atoms with Crippen LogP contribution in [0.5, 0.6) is 0 Å². The minimum absolute atomic E-state index is 0.104. The van der Waals surface area contributed by atoms with Crippen LogP contribution in [0.1, 0.15) is 24.1 Å². The van der Waals surface area contributed by atoms with E-state index in [0.717, 1.165) is 5.56 Å². The summed E-state index contributed by atoms with van der Waals surface area (Å²) in [5.41, 5.74) is 2.17. The summed E-state index contributed by atoms with van der Waals surface area (Å²) >= 11 is 5.91. The van der Waals surface area contributed by atoms with Gasteiger partial charge in [-0.2, -0.15) is 4.98 Å². The third kappa shape index (κ3) is 2.83. The zero-order chi connectivity index (χ0) is 15.0. The summed E-state index contributed by atoms with van der Waals surface area (Å²) in [5.74, 6) is 0.265. The van der Waals surface area contributed by atoms with Crippen LogP contribution in [0.3, 0.4) is 0 Å². The Bertz CT molecular complexity index is 799. The van der Waals surface area contributed by atoms with E-state index in [2.05, 4.69) is 15.4 Å². The molecule has 4 nitrogen and oxygen atoms in total. The second-order valence-corrected chi connectivity index (χ2v) is 5.40. The van der Waals surface area contributed by atoms with Crippen molar-refractivity contribution in [1.29, 1.82) is 0 Å². The predicted molar refractivity (Wildman–Crippen MR) is 81.2 cm³/mol. The first-order valence-electron chi connectivity index (χ1n) is 6.57. The summed E-state index contributed by atoms with van der Waals surface area (Å²) in [6.45, 7) is 3.67. The minimum atomic E-state index is -0.212. The third-order valence-corrected chi connectivity index (χ3v) is 3.56. The van der Waals surface area contributed by atoms with Crippen molar-refractivity contribution in [2.45, 2.75) is 19.9 Å². The van der Waals surface area contributed by atoms with Crippen LogP contribution < -0.4 is 5.32 Å². The molecule has 0 amide bonds. The van der Waals surface area contributed by atoms with Gasteiger partial charge < -0.3 is 5.32 Å². The Hall–Kier alpha value is -2.14. The summed E-state index contributed by atoms with van der Waals surface area (Å²) in [7, 11) is 0. The molecule has 2 aromatic heterocycles. The molecule has 1 N–H and O–H groups in total. The second kappa shape index (κ2) is 5.33. The highest BCUT2D eigenvalue weighted by Crippen LogP contribution is 2.20. The summed E-state index contributed by atoms with van der Waals surface area (Å²) in [6.07, 6.45) is 1.69. The Morgan fingerprint density at radius 3 is 2.86 bits per heavy atom. The number of halogens is 2. The average Bonchev–Trinajstić information content (AvgIpc) is 2.83. The number of nitrogens with zero attached hydrogens (tertiary/aromatic N) is 3. The van der Waals surface area contributed by atoms with E-state index in [1.165, 1.54) is 6.07 Å². The van der Waals surface area contributed by atoms with Crippen LogP contribution in [-0.4, -0.2) is 14.6 Å². The molecule has 108 valence electrons. The maximum absolute atomic E-state index is 13.6. The van der Waals surface area contributed by atoms with E-state index in [4.69, 9.17) is 11.6 Å². The minimum Gasteiger partial charge on any atom is -0.346 e. The van der Waals surface area contributed by atoms with Gasteiger partial charge in [-0.25, -0.2) is 8.91 Å². The molecule has 0 bridgehead atoms. The maximum atomic E-state index is 13.6. The number of pyridine rings is 1. The molecule has 0 aliphatic carbocycles. The van der Waals surface area contributed by atoms with Gasteiger partial charge in [0, 0.05) is 6.20 Å². The smallest absolute Gasteiger partial charge is 0.243 e. The van der Waals surface area contributed by atoms with Gasteiger partial charge in [-0.1, -0.05) is 23.7 Å². The van der Waals surface area contributed by atoms with Crippen LogP contribution in [0.25, 0.3) is 5.65 Å². The molecular weight excluding hydrogens is 291 g/mol. The van der Waals surface area contributed by atoms with Crippen molar-refractivity contribution in [2.75, 3.05) is 5.32 Å². The fourth-order valence-corrected chi connectivity index (χ4v) is 2.23. The zero-order valence-corrected chi connectivity index (χ0v) is 12.4. The first-order valence-corrected chi connectivity index (χ1v) is 6.95. The molecular formula is C15H14ClFN4. The number of nitrogens with one attached hydrogen (secondary N) is 1. The van der Waals surface area contributed by atoms with Crippen LogP contribution >= 0.6 is 11.6 Å². The number of hydrogen-bond acceptors (Lipinski definition) is 3. The van der Waals surface area contributed by atoms with Gasteiger partial charge in [0.2, 0.25) is 5.95 Å². The first kappa shape index (κ1) is 13.8. The Balaban J connectivity index is 1.85. The Kier molecular flexibility index (Phi) is 3.51. The van der Waals surface area contributed by atoms with Crippen LogP contribution in [0.15, 0.2) is 36.5 Å². The largest absolute Gasteiger partial charge is 0.346 e. The Morgan fingerprint density at radius 1 is 1.29 bits per heavy atom. The molecule has 0 saturated carbocycles. The molecule has 0 spiro atoms. The molecule has 3 aromatic rings. The van der Waals surface area contributed by atoms with E-state index in [1.807, 2.05) is 13.0 Å². The highest BCUT2D eigenvalue weighted by molar-refractivity contribution is 6.30. The van der Waals surface area contributed by atoms with Crippen LogP contribution in [-0.2, 0) is 0 Å². The van der Waals surface area contributed by atoms with Crippen molar-refractivity contribution in [3.05, 3.63) is 58.5 Å². The lowest BCUT2D eigenvalue weighted by Crippen LogP contribution is -2.08. The lowest BCUT2D eigenvalue weighted by Gasteiger charge is -2.13. The van der Waals surface area contributed by atoms with Crippen molar-refractivity contribution in [3.63, 3.8) is 0 Å². The third-order valence-electron chi connectivity index (χ3n) is 3.34. The molecule has 1 unspecified atom stereocenters. The van der Waals surface area contributed by atoms with Crippen molar-refractivity contribution in [3.8, 4) is 0 Å².